The average Bonchev–Trinajstić information content (AvgIpc) is 2.75. The highest BCUT2D eigenvalue weighted by Crippen LogP contribution is 2.40. The van der Waals surface area contributed by atoms with Crippen LogP contribution in [-0.2, 0) is 38.3 Å². The van der Waals surface area contributed by atoms with E-state index in [1.54, 1.807) is 20.8 Å². The van der Waals surface area contributed by atoms with Crippen LogP contribution < -0.4 is 0 Å². The molecule has 0 radical (unpaired) electrons. The molecule has 0 bridgehead atoms. The van der Waals surface area contributed by atoms with Crippen LogP contribution in [-0.4, -0.2) is 25.2 Å². The van der Waals surface area contributed by atoms with Gasteiger partial charge in [-0.3, -0.25) is 9.59 Å². The third-order valence-corrected chi connectivity index (χ3v) is 6.53. The number of unbranched alkanes of at least 4 members (excludes halogenated alkanes) is 5. The molecule has 1 aliphatic carbocycles. The van der Waals surface area contributed by atoms with Gasteiger partial charge in [0, 0.05) is 0 Å². The van der Waals surface area contributed by atoms with E-state index in [1.165, 1.54) is 55.2 Å². The van der Waals surface area contributed by atoms with Crippen LogP contribution in [0.25, 0.3) is 0 Å². The van der Waals surface area contributed by atoms with Crippen molar-refractivity contribution in [1.29, 1.82) is 0 Å². The van der Waals surface area contributed by atoms with E-state index in [0.29, 0.717) is 6.42 Å². The highest BCUT2D eigenvalue weighted by molar-refractivity contribution is 6.00. The second-order valence-electron chi connectivity index (χ2n) is 8.70. The normalized spacial score (nSPS) is 16.1. The van der Waals surface area contributed by atoms with Crippen molar-refractivity contribution in [3.8, 4) is 0 Å². The summed E-state index contributed by atoms with van der Waals surface area (Å²) in [4.78, 5) is 25.5. The van der Waals surface area contributed by atoms with Crippen molar-refractivity contribution in [2.75, 3.05) is 13.2 Å². The highest BCUT2D eigenvalue weighted by atomic mass is 16.6. The molecule has 1 unspecified atom stereocenters. The van der Waals surface area contributed by atoms with Crippen molar-refractivity contribution in [1.82, 2.24) is 0 Å². The SMILES string of the molecule is CCCCCCCCc1ccc2c(c1)CCC(C(C)(C(=O)OCC)C(=O)OCC)C2. The van der Waals surface area contributed by atoms with Crippen LogP contribution in [0.5, 0.6) is 0 Å². The summed E-state index contributed by atoms with van der Waals surface area (Å²) in [7, 11) is 0. The predicted octanol–water partition coefficient (Wildman–Crippen LogP) is 5.83. The molecule has 4 heteroatoms. The molecule has 0 saturated carbocycles. The number of carbonyl (C=O) groups excluding carboxylic acids is 2. The van der Waals surface area contributed by atoms with Crippen LogP contribution in [0.2, 0.25) is 0 Å². The molecule has 0 fully saturated rings. The summed E-state index contributed by atoms with van der Waals surface area (Å²) in [6, 6.07) is 6.76. The van der Waals surface area contributed by atoms with Gasteiger partial charge in [-0.1, -0.05) is 57.2 Å². The van der Waals surface area contributed by atoms with Crippen molar-refractivity contribution in [2.45, 2.75) is 91.9 Å². The third kappa shape index (κ3) is 6.09. The van der Waals surface area contributed by atoms with E-state index < -0.39 is 17.4 Å². The van der Waals surface area contributed by atoms with Crippen LogP contribution >= 0.6 is 0 Å². The molecular weight excluding hydrogens is 376 g/mol. The first-order valence-corrected chi connectivity index (χ1v) is 11.9. The molecule has 1 aromatic rings. The Morgan fingerprint density at radius 1 is 0.933 bits per heavy atom. The van der Waals surface area contributed by atoms with Gasteiger partial charge < -0.3 is 9.47 Å². The molecule has 4 nitrogen and oxygen atoms in total. The standard InChI is InChI=1S/C26H40O4/c1-5-8-9-10-11-12-13-20-14-15-22-19-23(17-16-21(22)18-20)26(4,24(27)29-6-2)25(28)30-7-3/h14-15,18,23H,5-13,16-17,19H2,1-4H3. The Kier molecular flexibility index (Phi) is 9.87. The van der Waals surface area contributed by atoms with Crippen LogP contribution in [0.1, 0.15) is 89.3 Å². The predicted molar refractivity (Wildman–Crippen MR) is 120 cm³/mol. The fourth-order valence-electron chi connectivity index (χ4n) is 4.54. The lowest BCUT2D eigenvalue weighted by molar-refractivity contribution is -0.175. The minimum absolute atomic E-state index is 0.104. The van der Waals surface area contributed by atoms with Gasteiger partial charge in [0.05, 0.1) is 13.2 Å². The lowest BCUT2D eigenvalue weighted by atomic mass is 9.68. The Morgan fingerprint density at radius 2 is 1.57 bits per heavy atom. The summed E-state index contributed by atoms with van der Waals surface area (Å²) in [5, 5.41) is 0. The second-order valence-corrected chi connectivity index (χ2v) is 8.70. The van der Waals surface area contributed by atoms with E-state index in [2.05, 4.69) is 25.1 Å². The third-order valence-electron chi connectivity index (χ3n) is 6.53. The van der Waals surface area contributed by atoms with Gasteiger partial charge in [-0.15, -0.1) is 0 Å². The molecule has 1 aromatic carbocycles. The number of hydrogen-bond donors (Lipinski definition) is 0. The summed E-state index contributed by atoms with van der Waals surface area (Å²) in [5.41, 5.74) is 2.77. The van der Waals surface area contributed by atoms with Crippen LogP contribution in [0.4, 0.5) is 0 Å². The molecule has 0 spiro atoms. The number of aryl methyl sites for hydroxylation is 2. The van der Waals surface area contributed by atoms with Gasteiger partial charge in [-0.2, -0.15) is 0 Å². The Morgan fingerprint density at radius 3 is 2.20 bits per heavy atom. The molecular formula is C26H40O4. The van der Waals surface area contributed by atoms with E-state index in [4.69, 9.17) is 9.47 Å². The number of rotatable bonds is 12. The average molecular weight is 417 g/mol. The molecule has 0 aliphatic heterocycles. The topological polar surface area (TPSA) is 52.6 Å². The zero-order valence-corrected chi connectivity index (χ0v) is 19.4. The monoisotopic (exact) mass is 416 g/mol. The molecule has 1 atom stereocenters. The van der Waals surface area contributed by atoms with Gasteiger partial charge in [0.2, 0.25) is 0 Å². The molecule has 168 valence electrons. The van der Waals surface area contributed by atoms with Gasteiger partial charge in [-0.25, -0.2) is 0 Å². The zero-order valence-electron chi connectivity index (χ0n) is 19.4. The minimum Gasteiger partial charge on any atom is -0.465 e. The van der Waals surface area contributed by atoms with E-state index >= 15 is 0 Å². The Labute approximate surface area is 182 Å². The Bertz CT molecular complexity index is 676. The molecule has 0 amide bonds. The minimum atomic E-state index is -1.25. The number of esters is 2. The first-order valence-electron chi connectivity index (χ1n) is 11.9. The van der Waals surface area contributed by atoms with Gasteiger partial charge in [-0.05, 0) is 75.5 Å². The van der Waals surface area contributed by atoms with Gasteiger partial charge in [0.15, 0.2) is 5.41 Å². The molecule has 30 heavy (non-hydrogen) atoms. The lowest BCUT2D eigenvalue weighted by Gasteiger charge is -2.36. The quantitative estimate of drug-likeness (QED) is 0.244. The molecule has 0 aromatic heterocycles. The lowest BCUT2D eigenvalue weighted by Crippen LogP contribution is -2.47. The largest absolute Gasteiger partial charge is 0.465 e. The van der Waals surface area contributed by atoms with Gasteiger partial charge in [0.25, 0.3) is 0 Å². The van der Waals surface area contributed by atoms with E-state index in [-0.39, 0.29) is 19.1 Å². The van der Waals surface area contributed by atoms with Crippen molar-refractivity contribution in [2.24, 2.45) is 11.3 Å². The van der Waals surface area contributed by atoms with Crippen molar-refractivity contribution in [3.05, 3.63) is 34.9 Å². The fourth-order valence-corrected chi connectivity index (χ4v) is 4.54. The zero-order chi connectivity index (χ0) is 22.0. The number of benzene rings is 1. The Hall–Kier alpha value is -1.84. The summed E-state index contributed by atoms with van der Waals surface area (Å²) >= 11 is 0. The van der Waals surface area contributed by atoms with Crippen molar-refractivity contribution >= 4 is 11.9 Å². The molecule has 0 N–H and O–H groups in total. The summed E-state index contributed by atoms with van der Waals surface area (Å²) in [5.74, 6) is -1.03. The van der Waals surface area contributed by atoms with Crippen molar-refractivity contribution in [3.63, 3.8) is 0 Å². The van der Waals surface area contributed by atoms with Crippen LogP contribution in [0.3, 0.4) is 0 Å². The summed E-state index contributed by atoms with van der Waals surface area (Å²) in [6.45, 7) is 8.01. The first kappa shape index (κ1) is 24.4. The number of hydrogen-bond acceptors (Lipinski definition) is 4. The van der Waals surface area contributed by atoms with Crippen LogP contribution in [0.15, 0.2) is 18.2 Å². The highest BCUT2D eigenvalue weighted by Gasteiger charge is 2.51. The van der Waals surface area contributed by atoms with Crippen LogP contribution in [0, 0.1) is 11.3 Å². The second kappa shape index (κ2) is 12.1. The molecule has 0 saturated heterocycles. The maximum Gasteiger partial charge on any atom is 0.323 e. The molecule has 2 rings (SSSR count). The van der Waals surface area contributed by atoms with E-state index in [9.17, 15) is 9.59 Å². The summed E-state index contributed by atoms with van der Waals surface area (Å²) in [6.07, 6.45) is 11.4. The first-order chi connectivity index (χ1) is 14.5. The molecule has 0 heterocycles. The number of ether oxygens (including phenoxy) is 2. The van der Waals surface area contributed by atoms with E-state index in [0.717, 1.165) is 19.3 Å². The molecule has 1 aliphatic rings. The van der Waals surface area contributed by atoms with E-state index in [1.807, 2.05) is 0 Å². The maximum absolute atomic E-state index is 12.7. The number of carbonyl (C=O) groups is 2. The van der Waals surface area contributed by atoms with Crippen molar-refractivity contribution < 1.29 is 19.1 Å². The Balaban J connectivity index is 2.04. The number of fused-ring (bicyclic) bond motifs is 1. The summed E-state index contributed by atoms with van der Waals surface area (Å²) < 4.78 is 10.5. The fraction of sp³-hybridized carbons (Fsp3) is 0.692. The smallest absolute Gasteiger partial charge is 0.323 e. The van der Waals surface area contributed by atoms with Gasteiger partial charge >= 0.3 is 11.9 Å². The maximum atomic E-state index is 12.7. The van der Waals surface area contributed by atoms with Gasteiger partial charge in [0.1, 0.15) is 0 Å².